The molecule has 0 aliphatic rings. The van der Waals surface area contributed by atoms with Gasteiger partial charge in [-0.15, -0.1) is 0 Å². The number of hydrogen-bond donors (Lipinski definition) is 2. The van der Waals surface area contributed by atoms with Crippen LogP contribution in [0.15, 0.2) is 41.3 Å². The number of anilines is 2. The Labute approximate surface area is 115 Å². The Balaban J connectivity index is 2.43. The van der Waals surface area contributed by atoms with Crippen molar-refractivity contribution in [2.24, 2.45) is 0 Å². The van der Waals surface area contributed by atoms with Crippen LogP contribution in [0.25, 0.3) is 0 Å². The minimum absolute atomic E-state index is 0.161. The molecule has 2 rings (SSSR count). The smallest absolute Gasteiger partial charge is 0.262 e. The zero-order valence-corrected chi connectivity index (χ0v) is 11.3. The standard InChI is InChI=1S/C13H12F2N2O2S/c1-8-3-2-4-10(14)13(8)17-20(18,19)9-5-6-12(16)11(15)7-9/h2-7,17H,16H2,1H3. The zero-order valence-electron chi connectivity index (χ0n) is 10.5. The number of nitrogens with two attached hydrogens (primary N) is 1. The third kappa shape index (κ3) is 2.72. The van der Waals surface area contributed by atoms with Crippen molar-refractivity contribution >= 4 is 21.4 Å². The molecular weight excluding hydrogens is 286 g/mol. The van der Waals surface area contributed by atoms with E-state index in [0.29, 0.717) is 5.56 Å². The van der Waals surface area contributed by atoms with E-state index in [4.69, 9.17) is 5.73 Å². The molecular formula is C13H12F2N2O2S. The van der Waals surface area contributed by atoms with Gasteiger partial charge in [-0.05, 0) is 36.8 Å². The molecule has 7 heteroatoms. The van der Waals surface area contributed by atoms with Crippen LogP contribution >= 0.6 is 0 Å². The molecule has 4 nitrogen and oxygen atoms in total. The maximum absolute atomic E-state index is 13.6. The summed E-state index contributed by atoms with van der Waals surface area (Å²) in [6.45, 7) is 1.56. The third-order valence-corrected chi connectivity index (χ3v) is 4.09. The first-order valence-electron chi connectivity index (χ1n) is 5.64. The SMILES string of the molecule is Cc1cccc(F)c1NS(=O)(=O)c1ccc(N)c(F)c1. The van der Waals surface area contributed by atoms with Crippen molar-refractivity contribution < 1.29 is 17.2 Å². The summed E-state index contributed by atoms with van der Waals surface area (Å²) in [7, 11) is -4.08. The largest absolute Gasteiger partial charge is 0.396 e. The van der Waals surface area contributed by atoms with E-state index in [2.05, 4.69) is 4.72 Å². The van der Waals surface area contributed by atoms with Gasteiger partial charge in [0.15, 0.2) is 0 Å². The number of nitrogens with one attached hydrogen (secondary N) is 1. The van der Waals surface area contributed by atoms with E-state index in [0.717, 1.165) is 24.3 Å². The zero-order chi connectivity index (χ0) is 14.9. The Morgan fingerprint density at radius 2 is 1.80 bits per heavy atom. The quantitative estimate of drug-likeness (QED) is 0.856. The molecule has 0 aliphatic carbocycles. The van der Waals surface area contributed by atoms with Crippen molar-refractivity contribution in [2.45, 2.75) is 11.8 Å². The van der Waals surface area contributed by atoms with Crippen molar-refractivity contribution in [3.63, 3.8) is 0 Å². The van der Waals surface area contributed by atoms with Gasteiger partial charge in [0, 0.05) is 0 Å². The predicted molar refractivity (Wildman–Crippen MR) is 72.8 cm³/mol. The second-order valence-corrected chi connectivity index (χ2v) is 5.90. The van der Waals surface area contributed by atoms with Gasteiger partial charge in [0.1, 0.15) is 11.6 Å². The van der Waals surface area contributed by atoms with Gasteiger partial charge in [-0.1, -0.05) is 12.1 Å². The molecule has 0 aromatic heterocycles. The summed E-state index contributed by atoms with van der Waals surface area (Å²) >= 11 is 0. The van der Waals surface area contributed by atoms with Crippen LogP contribution in [0, 0.1) is 18.6 Å². The number of para-hydroxylation sites is 1. The van der Waals surface area contributed by atoms with Crippen LogP contribution in [0.4, 0.5) is 20.2 Å². The van der Waals surface area contributed by atoms with Crippen molar-refractivity contribution in [2.75, 3.05) is 10.5 Å². The van der Waals surface area contributed by atoms with Gasteiger partial charge in [0.05, 0.1) is 16.3 Å². The van der Waals surface area contributed by atoms with E-state index < -0.39 is 21.7 Å². The normalized spacial score (nSPS) is 11.3. The van der Waals surface area contributed by atoms with Crippen molar-refractivity contribution in [3.05, 3.63) is 53.6 Å². The summed E-state index contributed by atoms with van der Waals surface area (Å²) < 4.78 is 53.2. The van der Waals surface area contributed by atoms with Crippen LogP contribution in [0.1, 0.15) is 5.56 Å². The van der Waals surface area contributed by atoms with Gasteiger partial charge in [-0.2, -0.15) is 0 Å². The number of benzene rings is 2. The van der Waals surface area contributed by atoms with Crippen LogP contribution in [-0.4, -0.2) is 8.42 Å². The van der Waals surface area contributed by atoms with Gasteiger partial charge in [-0.25, -0.2) is 17.2 Å². The fraction of sp³-hybridized carbons (Fsp3) is 0.0769. The maximum Gasteiger partial charge on any atom is 0.262 e. The average Bonchev–Trinajstić information content (AvgIpc) is 2.37. The number of aryl methyl sites for hydroxylation is 1. The molecule has 0 saturated carbocycles. The number of sulfonamides is 1. The van der Waals surface area contributed by atoms with Crippen molar-refractivity contribution in [3.8, 4) is 0 Å². The predicted octanol–water partition coefficient (Wildman–Crippen LogP) is 2.66. The lowest BCUT2D eigenvalue weighted by Gasteiger charge is -2.11. The van der Waals surface area contributed by atoms with Crippen LogP contribution in [0.2, 0.25) is 0 Å². The van der Waals surface area contributed by atoms with E-state index >= 15 is 0 Å². The molecule has 0 spiro atoms. The summed E-state index contributed by atoms with van der Waals surface area (Å²) in [5.74, 6) is -1.55. The van der Waals surface area contributed by atoms with E-state index in [9.17, 15) is 17.2 Å². The molecule has 106 valence electrons. The summed E-state index contributed by atoms with van der Waals surface area (Å²) in [4.78, 5) is -0.327. The van der Waals surface area contributed by atoms with E-state index in [1.165, 1.54) is 6.07 Å². The molecule has 0 heterocycles. The lowest BCUT2D eigenvalue weighted by molar-refractivity contribution is 0.594. The molecule has 20 heavy (non-hydrogen) atoms. The molecule has 2 aromatic carbocycles. The molecule has 0 fully saturated rings. The van der Waals surface area contributed by atoms with Gasteiger partial charge in [-0.3, -0.25) is 4.72 Å². The summed E-state index contributed by atoms with van der Waals surface area (Å²) in [6.07, 6.45) is 0. The molecule has 2 aromatic rings. The molecule has 0 aliphatic heterocycles. The van der Waals surface area contributed by atoms with Gasteiger partial charge < -0.3 is 5.73 Å². The highest BCUT2D eigenvalue weighted by Gasteiger charge is 2.18. The Bertz CT molecular complexity index is 741. The first-order chi connectivity index (χ1) is 9.31. The van der Waals surface area contributed by atoms with Crippen molar-refractivity contribution in [1.29, 1.82) is 0 Å². The highest BCUT2D eigenvalue weighted by molar-refractivity contribution is 7.92. The number of rotatable bonds is 3. The first kappa shape index (κ1) is 14.3. The van der Waals surface area contributed by atoms with Crippen LogP contribution in [0.3, 0.4) is 0 Å². The average molecular weight is 298 g/mol. The fourth-order valence-corrected chi connectivity index (χ4v) is 2.78. The molecule has 0 saturated heterocycles. The lowest BCUT2D eigenvalue weighted by Crippen LogP contribution is -2.15. The topological polar surface area (TPSA) is 72.2 Å². The van der Waals surface area contributed by atoms with Gasteiger partial charge >= 0.3 is 0 Å². The van der Waals surface area contributed by atoms with Crippen LogP contribution < -0.4 is 10.5 Å². The molecule has 0 unspecified atom stereocenters. The minimum atomic E-state index is -4.08. The third-order valence-electron chi connectivity index (χ3n) is 2.74. The van der Waals surface area contributed by atoms with E-state index in [-0.39, 0.29) is 16.3 Å². The highest BCUT2D eigenvalue weighted by Crippen LogP contribution is 2.24. The molecule has 0 atom stereocenters. The minimum Gasteiger partial charge on any atom is -0.396 e. The Hall–Kier alpha value is -2.15. The monoisotopic (exact) mass is 298 g/mol. The van der Waals surface area contributed by atoms with E-state index in [1.807, 2.05) is 0 Å². The molecule has 0 radical (unpaired) electrons. The Kier molecular flexibility index (Phi) is 3.63. The maximum atomic E-state index is 13.6. The summed E-state index contributed by atoms with van der Waals surface area (Å²) in [6, 6.07) is 7.23. The molecule has 0 amide bonds. The first-order valence-corrected chi connectivity index (χ1v) is 7.12. The van der Waals surface area contributed by atoms with Gasteiger partial charge in [0.25, 0.3) is 10.0 Å². The number of nitrogen functional groups attached to an aromatic ring is 1. The summed E-state index contributed by atoms with van der Waals surface area (Å²) in [5, 5.41) is 0. The summed E-state index contributed by atoms with van der Waals surface area (Å²) in [5.41, 5.74) is 5.38. The Morgan fingerprint density at radius 3 is 2.40 bits per heavy atom. The van der Waals surface area contributed by atoms with E-state index in [1.54, 1.807) is 13.0 Å². The number of halogens is 2. The van der Waals surface area contributed by atoms with Crippen LogP contribution in [0.5, 0.6) is 0 Å². The van der Waals surface area contributed by atoms with Gasteiger partial charge in [0.2, 0.25) is 0 Å². The second kappa shape index (κ2) is 5.09. The van der Waals surface area contributed by atoms with Crippen LogP contribution in [-0.2, 0) is 10.0 Å². The second-order valence-electron chi connectivity index (χ2n) is 4.22. The molecule has 0 bridgehead atoms. The van der Waals surface area contributed by atoms with Crippen molar-refractivity contribution in [1.82, 2.24) is 0 Å². The Morgan fingerprint density at radius 1 is 1.10 bits per heavy atom. The number of hydrogen-bond acceptors (Lipinski definition) is 3. The lowest BCUT2D eigenvalue weighted by atomic mass is 10.2. The highest BCUT2D eigenvalue weighted by atomic mass is 32.2. The molecule has 3 N–H and O–H groups in total. The fourth-order valence-electron chi connectivity index (χ4n) is 1.63.